The van der Waals surface area contributed by atoms with Crippen molar-refractivity contribution in [2.75, 3.05) is 17.7 Å². The molecule has 1 aromatic heterocycles. The van der Waals surface area contributed by atoms with Crippen molar-refractivity contribution in [3.8, 4) is 0 Å². The largest absolute Gasteiger partial charge is 0.360 e. The standard InChI is InChI=1S/C20H20N4O3S/c1-13-10-16(27-24-13)12-28-18-9-4-3-8-17(18)19(25)22-14-6-5-7-15(11-14)23-20(26)21-2/h3-11H,12H2,1-2H3,(H,22,25)(H2,21,23,26). The van der Waals surface area contributed by atoms with Crippen molar-refractivity contribution >= 4 is 35.1 Å². The van der Waals surface area contributed by atoms with Crippen LogP contribution < -0.4 is 16.0 Å². The van der Waals surface area contributed by atoms with Crippen LogP contribution in [-0.4, -0.2) is 24.1 Å². The number of hydrogen-bond donors (Lipinski definition) is 3. The molecule has 0 fully saturated rings. The molecule has 0 saturated heterocycles. The number of aryl methyl sites for hydroxylation is 1. The van der Waals surface area contributed by atoms with E-state index >= 15 is 0 Å². The highest BCUT2D eigenvalue weighted by Gasteiger charge is 2.13. The van der Waals surface area contributed by atoms with Crippen LogP contribution in [0.1, 0.15) is 21.8 Å². The van der Waals surface area contributed by atoms with Crippen LogP contribution in [0.4, 0.5) is 16.2 Å². The summed E-state index contributed by atoms with van der Waals surface area (Å²) in [4.78, 5) is 25.1. The molecule has 0 bridgehead atoms. The second-order valence-corrected chi connectivity index (χ2v) is 6.98. The Hall–Kier alpha value is -3.26. The average Bonchev–Trinajstić information content (AvgIpc) is 3.12. The first-order valence-corrected chi connectivity index (χ1v) is 9.58. The van der Waals surface area contributed by atoms with Crippen LogP contribution in [0, 0.1) is 6.92 Å². The van der Waals surface area contributed by atoms with Gasteiger partial charge in [0.1, 0.15) is 5.76 Å². The fraction of sp³-hybridized carbons (Fsp3) is 0.150. The van der Waals surface area contributed by atoms with Gasteiger partial charge in [-0.1, -0.05) is 23.4 Å². The number of hydrogen-bond acceptors (Lipinski definition) is 5. The summed E-state index contributed by atoms with van der Waals surface area (Å²) in [5.41, 5.74) is 2.56. The van der Waals surface area contributed by atoms with Gasteiger partial charge in [-0.25, -0.2) is 4.79 Å². The molecule has 3 rings (SSSR count). The average molecular weight is 396 g/mol. The summed E-state index contributed by atoms with van der Waals surface area (Å²) >= 11 is 1.51. The molecule has 144 valence electrons. The van der Waals surface area contributed by atoms with Crippen molar-refractivity contribution in [1.82, 2.24) is 10.5 Å². The predicted octanol–water partition coefficient (Wildman–Crippen LogP) is 4.28. The Morgan fingerprint density at radius 1 is 1.04 bits per heavy atom. The van der Waals surface area contributed by atoms with Gasteiger partial charge in [0.2, 0.25) is 0 Å². The third-order valence-corrected chi connectivity index (χ3v) is 4.88. The van der Waals surface area contributed by atoms with E-state index in [0.717, 1.165) is 16.3 Å². The second-order valence-electron chi connectivity index (χ2n) is 5.96. The summed E-state index contributed by atoms with van der Waals surface area (Å²) in [6.07, 6.45) is 0. The number of nitrogens with zero attached hydrogens (tertiary/aromatic N) is 1. The van der Waals surface area contributed by atoms with Gasteiger partial charge in [0.15, 0.2) is 0 Å². The van der Waals surface area contributed by atoms with Gasteiger partial charge >= 0.3 is 6.03 Å². The van der Waals surface area contributed by atoms with E-state index in [9.17, 15) is 9.59 Å². The molecule has 0 aliphatic carbocycles. The van der Waals surface area contributed by atoms with Crippen LogP contribution in [0.15, 0.2) is 64.0 Å². The molecule has 3 aromatic rings. The maximum Gasteiger partial charge on any atom is 0.318 e. The lowest BCUT2D eigenvalue weighted by atomic mass is 10.2. The number of anilines is 2. The molecule has 1 heterocycles. The minimum absolute atomic E-state index is 0.228. The second kappa shape index (κ2) is 9.09. The van der Waals surface area contributed by atoms with E-state index < -0.39 is 0 Å². The van der Waals surface area contributed by atoms with Crippen molar-refractivity contribution in [2.45, 2.75) is 17.6 Å². The van der Waals surface area contributed by atoms with Crippen molar-refractivity contribution in [1.29, 1.82) is 0 Å². The van der Waals surface area contributed by atoms with Gasteiger partial charge in [-0.2, -0.15) is 0 Å². The van der Waals surface area contributed by atoms with Gasteiger partial charge in [0, 0.05) is 29.4 Å². The first-order chi connectivity index (χ1) is 13.5. The molecule has 3 amide bonds. The van der Waals surface area contributed by atoms with Gasteiger partial charge in [-0.15, -0.1) is 11.8 Å². The zero-order valence-electron chi connectivity index (χ0n) is 15.5. The van der Waals surface area contributed by atoms with E-state index in [1.54, 1.807) is 30.3 Å². The van der Waals surface area contributed by atoms with E-state index in [0.29, 0.717) is 22.7 Å². The smallest absolute Gasteiger partial charge is 0.318 e. The molecule has 7 nitrogen and oxygen atoms in total. The number of rotatable bonds is 6. The van der Waals surface area contributed by atoms with Crippen LogP contribution in [0.3, 0.4) is 0 Å². The van der Waals surface area contributed by atoms with E-state index in [1.807, 2.05) is 31.2 Å². The summed E-state index contributed by atoms with van der Waals surface area (Å²) in [6.45, 7) is 1.87. The van der Waals surface area contributed by atoms with E-state index in [1.165, 1.54) is 18.8 Å². The highest BCUT2D eigenvalue weighted by atomic mass is 32.2. The normalized spacial score (nSPS) is 10.4. The zero-order chi connectivity index (χ0) is 19.9. The van der Waals surface area contributed by atoms with Crippen molar-refractivity contribution in [3.63, 3.8) is 0 Å². The Kier molecular flexibility index (Phi) is 6.33. The van der Waals surface area contributed by atoms with Crippen molar-refractivity contribution in [2.24, 2.45) is 0 Å². The third kappa shape index (κ3) is 5.14. The molecular weight excluding hydrogens is 376 g/mol. The third-order valence-electron chi connectivity index (χ3n) is 3.78. The van der Waals surface area contributed by atoms with E-state index in [-0.39, 0.29) is 11.9 Å². The van der Waals surface area contributed by atoms with Crippen molar-refractivity contribution in [3.05, 3.63) is 71.6 Å². The maximum absolute atomic E-state index is 12.8. The first kappa shape index (κ1) is 19.5. The molecule has 0 aliphatic heterocycles. The predicted molar refractivity (Wildman–Crippen MR) is 110 cm³/mol. The number of carbonyl (C=O) groups is 2. The van der Waals surface area contributed by atoms with Crippen LogP contribution in [-0.2, 0) is 5.75 Å². The van der Waals surface area contributed by atoms with E-state index in [2.05, 4.69) is 21.1 Å². The fourth-order valence-electron chi connectivity index (χ4n) is 2.48. The van der Waals surface area contributed by atoms with Crippen LogP contribution >= 0.6 is 11.8 Å². The Morgan fingerprint density at radius 3 is 2.50 bits per heavy atom. The number of nitrogens with one attached hydrogen (secondary N) is 3. The topological polar surface area (TPSA) is 96.3 Å². The molecule has 0 atom stereocenters. The number of thioether (sulfide) groups is 1. The van der Waals surface area contributed by atoms with Gasteiger partial charge in [-0.05, 0) is 37.3 Å². The molecule has 0 saturated carbocycles. The highest BCUT2D eigenvalue weighted by molar-refractivity contribution is 7.98. The van der Waals surface area contributed by atoms with Gasteiger partial charge in [0.05, 0.1) is 17.0 Å². The lowest BCUT2D eigenvalue weighted by molar-refractivity contribution is 0.102. The first-order valence-electron chi connectivity index (χ1n) is 8.59. The number of benzene rings is 2. The summed E-state index contributed by atoms with van der Waals surface area (Å²) in [6, 6.07) is 15.9. The highest BCUT2D eigenvalue weighted by Crippen LogP contribution is 2.27. The van der Waals surface area contributed by atoms with Crippen molar-refractivity contribution < 1.29 is 14.1 Å². The Bertz CT molecular complexity index is 987. The van der Waals surface area contributed by atoms with Crippen LogP contribution in [0.5, 0.6) is 0 Å². The molecular formula is C20H20N4O3S. The number of amides is 3. The lowest BCUT2D eigenvalue weighted by Crippen LogP contribution is -2.24. The Morgan fingerprint density at radius 2 is 1.79 bits per heavy atom. The zero-order valence-corrected chi connectivity index (χ0v) is 16.3. The van der Waals surface area contributed by atoms with Crippen LogP contribution in [0.25, 0.3) is 0 Å². The monoisotopic (exact) mass is 396 g/mol. The van der Waals surface area contributed by atoms with Gasteiger partial charge in [0.25, 0.3) is 5.91 Å². The minimum atomic E-state index is -0.326. The Balaban J connectivity index is 1.70. The molecule has 3 N–H and O–H groups in total. The fourth-order valence-corrected chi connectivity index (χ4v) is 3.40. The molecule has 0 spiro atoms. The maximum atomic E-state index is 12.8. The molecule has 8 heteroatoms. The summed E-state index contributed by atoms with van der Waals surface area (Å²) in [7, 11) is 1.54. The quantitative estimate of drug-likeness (QED) is 0.541. The summed E-state index contributed by atoms with van der Waals surface area (Å²) < 4.78 is 5.23. The molecule has 0 unspecified atom stereocenters. The number of carbonyl (C=O) groups excluding carboxylic acids is 2. The van der Waals surface area contributed by atoms with Gasteiger partial charge in [-0.3, -0.25) is 4.79 Å². The molecule has 0 radical (unpaired) electrons. The summed E-state index contributed by atoms with van der Waals surface area (Å²) in [5, 5.41) is 11.9. The summed E-state index contributed by atoms with van der Waals surface area (Å²) in [5.74, 6) is 1.11. The van der Waals surface area contributed by atoms with Gasteiger partial charge < -0.3 is 20.5 Å². The minimum Gasteiger partial charge on any atom is -0.360 e. The molecule has 2 aromatic carbocycles. The van der Waals surface area contributed by atoms with E-state index in [4.69, 9.17) is 4.52 Å². The molecule has 28 heavy (non-hydrogen) atoms. The number of aromatic nitrogens is 1. The SMILES string of the molecule is CNC(=O)Nc1cccc(NC(=O)c2ccccc2SCc2cc(C)no2)c1. The Labute approximate surface area is 166 Å². The molecule has 0 aliphatic rings. The lowest BCUT2D eigenvalue weighted by Gasteiger charge is -2.11. The number of urea groups is 1. The van der Waals surface area contributed by atoms with Crippen LogP contribution in [0.2, 0.25) is 0 Å².